The number of nitrogens with zero attached hydrogens (tertiary/aromatic N) is 1. The minimum absolute atomic E-state index is 0.0302. The fraction of sp³-hybridized carbons (Fsp3) is 0.412. The van der Waals surface area contributed by atoms with Crippen molar-refractivity contribution < 1.29 is 24.7 Å². The van der Waals surface area contributed by atoms with Gasteiger partial charge in [-0.15, -0.1) is 0 Å². The van der Waals surface area contributed by atoms with Gasteiger partial charge in [-0.3, -0.25) is 19.7 Å². The summed E-state index contributed by atoms with van der Waals surface area (Å²) in [6.45, 7) is 5.71. The Morgan fingerprint density at radius 2 is 1.63 bits per heavy atom. The average Bonchev–Trinajstić information content (AvgIpc) is 3.26. The molecule has 0 amide bonds. The van der Waals surface area contributed by atoms with E-state index in [0.29, 0.717) is 59.3 Å². The summed E-state index contributed by atoms with van der Waals surface area (Å²) in [5.41, 5.74) is 4.03. The Kier molecular flexibility index (Phi) is 10.2. The lowest BCUT2D eigenvalue weighted by molar-refractivity contribution is -0.385. The van der Waals surface area contributed by atoms with Crippen LogP contribution in [0.1, 0.15) is 66.8 Å². The van der Waals surface area contributed by atoms with E-state index in [0.717, 1.165) is 41.5 Å². The molecule has 2 aliphatic rings. The number of benzene rings is 3. The van der Waals surface area contributed by atoms with Crippen LogP contribution in [-0.4, -0.2) is 26.7 Å². The molecular weight excluding hydrogens is 589 g/mol. The second-order valence-corrected chi connectivity index (χ2v) is 12.7. The second kappa shape index (κ2) is 13.5. The second-order valence-electron chi connectivity index (χ2n) is 11.9. The highest BCUT2D eigenvalue weighted by Gasteiger charge is 2.53. The highest BCUT2D eigenvalue weighted by Crippen LogP contribution is 2.52. The highest BCUT2D eigenvalue weighted by molar-refractivity contribution is 6.32. The highest BCUT2D eigenvalue weighted by atomic mass is 35.5. The number of ketones is 2. The monoisotopic (exact) mass is 625 g/mol. The first-order valence-electron chi connectivity index (χ1n) is 14.6. The van der Waals surface area contributed by atoms with Crippen molar-refractivity contribution in [3.63, 3.8) is 0 Å². The Bertz CT molecular complexity index is 1550. The Hall–Kier alpha value is -3.42. The van der Waals surface area contributed by atoms with Crippen LogP contribution in [0.2, 0.25) is 10.0 Å². The van der Waals surface area contributed by atoms with Crippen LogP contribution < -0.4 is 0 Å². The molecule has 5 rings (SSSR count). The van der Waals surface area contributed by atoms with Crippen LogP contribution in [0, 0.1) is 41.2 Å². The first-order valence-corrected chi connectivity index (χ1v) is 15.3. The van der Waals surface area contributed by atoms with E-state index >= 15 is 0 Å². The summed E-state index contributed by atoms with van der Waals surface area (Å²) in [7, 11) is 0. The predicted molar refractivity (Wildman–Crippen MR) is 168 cm³/mol. The standard InChI is InChI=1S/C19H23ClO3.C15H14ClNO3/c1-11-9-15(20)17(22)10-12(11)3-4-13-14-5-6-18(23)19(14,2)8-7-16(13)21;1-10-12(8-13(18)9-15(10)17(19)20)7-6-11-4-2-3-5-14(11)16/h9-10,13-14,22H,3-8H2,1-2H3;2-5,8-9,18H,6-7H2,1H3/t13-,14-,19-;/m0./s1. The Morgan fingerprint density at radius 3 is 2.33 bits per heavy atom. The molecule has 43 heavy (non-hydrogen) atoms. The van der Waals surface area contributed by atoms with Gasteiger partial charge >= 0.3 is 0 Å². The molecule has 3 aromatic carbocycles. The van der Waals surface area contributed by atoms with Gasteiger partial charge in [0.05, 0.1) is 16.0 Å². The van der Waals surface area contributed by atoms with Crippen molar-refractivity contribution >= 4 is 40.5 Å². The molecule has 0 unspecified atom stereocenters. The Morgan fingerprint density at radius 1 is 0.930 bits per heavy atom. The first kappa shape index (κ1) is 32.5. The number of fused-ring (bicyclic) bond motifs is 1. The normalized spacial score (nSPS) is 21.2. The molecule has 2 saturated carbocycles. The van der Waals surface area contributed by atoms with Crippen molar-refractivity contribution in [2.75, 3.05) is 0 Å². The number of nitro benzene ring substituents is 1. The molecule has 2 aliphatic carbocycles. The molecule has 3 atom stereocenters. The van der Waals surface area contributed by atoms with Gasteiger partial charge in [0.2, 0.25) is 0 Å². The van der Waals surface area contributed by atoms with Crippen LogP contribution in [0.25, 0.3) is 0 Å². The van der Waals surface area contributed by atoms with Crippen molar-refractivity contribution in [2.45, 2.75) is 72.1 Å². The minimum atomic E-state index is -0.478. The summed E-state index contributed by atoms with van der Waals surface area (Å²) in [4.78, 5) is 35.1. The molecule has 0 aliphatic heterocycles. The van der Waals surface area contributed by atoms with Crippen molar-refractivity contribution in [2.24, 2.45) is 17.3 Å². The molecule has 7 nitrogen and oxygen atoms in total. The van der Waals surface area contributed by atoms with Gasteiger partial charge in [-0.05, 0) is 105 Å². The topological polar surface area (TPSA) is 118 Å². The van der Waals surface area contributed by atoms with Crippen molar-refractivity contribution in [1.29, 1.82) is 0 Å². The van der Waals surface area contributed by atoms with E-state index in [9.17, 15) is 29.9 Å². The summed E-state index contributed by atoms with van der Waals surface area (Å²) in [5, 5.41) is 31.3. The number of Topliss-reactive ketones (excluding diaryl/α,β-unsaturated/α-hetero) is 2. The fourth-order valence-electron chi connectivity index (χ4n) is 6.67. The zero-order valence-electron chi connectivity index (χ0n) is 24.7. The van der Waals surface area contributed by atoms with Gasteiger partial charge in [-0.1, -0.05) is 48.3 Å². The number of carbonyl (C=O) groups is 2. The molecule has 9 heteroatoms. The number of phenolic OH excluding ortho intramolecular Hbond substituents is 2. The van der Waals surface area contributed by atoms with Gasteiger partial charge in [-0.25, -0.2) is 0 Å². The van der Waals surface area contributed by atoms with E-state index in [1.807, 2.05) is 38.1 Å². The molecule has 0 heterocycles. The first-order chi connectivity index (χ1) is 20.3. The SMILES string of the molecule is Cc1c(CCc2ccccc2Cl)cc(O)cc1[N+](=O)[O-].Cc1cc(Cl)c(O)cc1CC[C@@H]1C(=O)CC[C@]2(C)C(=O)CC[C@@H]12. The number of nitro groups is 1. The zero-order valence-corrected chi connectivity index (χ0v) is 26.2. The predicted octanol–water partition coefficient (Wildman–Crippen LogP) is 8.30. The maximum absolute atomic E-state index is 12.4. The van der Waals surface area contributed by atoms with Gasteiger partial charge in [-0.2, -0.15) is 0 Å². The van der Waals surface area contributed by atoms with E-state index in [2.05, 4.69) is 0 Å². The van der Waals surface area contributed by atoms with Crippen LogP contribution in [0.5, 0.6) is 11.5 Å². The molecule has 0 saturated heterocycles. The Labute approximate surface area is 262 Å². The van der Waals surface area contributed by atoms with Crippen LogP contribution in [0.4, 0.5) is 5.69 Å². The van der Waals surface area contributed by atoms with Gasteiger partial charge in [0, 0.05) is 34.8 Å². The summed E-state index contributed by atoms with van der Waals surface area (Å²) >= 11 is 12.0. The zero-order chi connectivity index (χ0) is 31.5. The quantitative estimate of drug-likeness (QED) is 0.201. The van der Waals surface area contributed by atoms with Gasteiger partial charge in [0.1, 0.15) is 23.1 Å². The molecule has 3 aromatic rings. The van der Waals surface area contributed by atoms with E-state index < -0.39 is 4.92 Å². The summed E-state index contributed by atoms with van der Waals surface area (Å²) in [6.07, 6.45) is 5.43. The number of carbonyl (C=O) groups excluding carboxylic acids is 2. The summed E-state index contributed by atoms with van der Waals surface area (Å²) < 4.78 is 0. The Balaban J connectivity index is 0.000000199. The lowest BCUT2D eigenvalue weighted by Crippen LogP contribution is -2.42. The molecular formula is C34H37Cl2NO6. The average molecular weight is 627 g/mol. The van der Waals surface area contributed by atoms with Crippen molar-refractivity contribution in [3.05, 3.63) is 96.5 Å². The third kappa shape index (κ3) is 7.22. The van der Waals surface area contributed by atoms with Gasteiger partial charge in [0.15, 0.2) is 0 Å². The summed E-state index contributed by atoms with van der Waals surface area (Å²) in [6, 6.07) is 13.7. The van der Waals surface area contributed by atoms with Crippen LogP contribution in [-0.2, 0) is 28.9 Å². The maximum atomic E-state index is 12.4. The fourth-order valence-corrected chi connectivity index (χ4v) is 7.12. The number of hydrogen-bond donors (Lipinski definition) is 2. The third-order valence-electron chi connectivity index (χ3n) is 9.35. The van der Waals surface area contributed by atoms with Crippen LogP contribution >= 0.6 is 23.2 Å². The minimum Gasteiger partial charge on any atom is -0.508 e. The van der Waals surface area contributed by atoms with Crippen LogP contribution in [0.15, 0.2) is 48.5 Å². The van der Waals surface area contributed by atoms with Gasteiger partial charge < -0.3 is 10.2 Å². The lowest BCUT2D eigenvalue weighted by atomic mass is 9.62. The smallest absolute Gasteiger partial charge is 0.276 e. The van der Waals surface area contributed by atoms with E-state index in [4.69, 9.17) is 23.2 Å². The molecule has 0 spiro atoms. The molecule has 0 bridgehead atoms. The molecule has 228 valence electrons. The molecule has 2 fully saturated rings. The van der Waals surface area contributed by atoms with Crippen molar-refractivity contribution in [3.8, 4) is 11.5 Å². The number of phenols is 2. The van der Waals surface area contributed by atoms with Gasteiger partial charge in [0.25, 0.3) is 5.69 Å². The third-order valence-corrected chi connectivity index (χ3v) is 10.0. The molecule has 2 N–H and O–H groups in total. The number of aryl methyl sites for hydroxylation is 4. The largest absolute Gasteiger partial charge is 0.508 e. The van der Waals surface area contributed by atoms with Crippen LogP contribution in [0.3, 0.4) is 0 Å². The molecule has 0 radical (unpaired) electrons. The number of halogens is 2. The maximum Gasteiger partial charge on any atom is 0.276 e. The van der Waals surface area contributed by atoms with E-state index in [1.54, 1.807) is 25.1 Å². The number of hydrogen-bond acceptors (Lipinski definition) is 6. The van der Waals surface area contributed by atoms with E-state index in [1.165, 1.54) is 6.07 Å². The molecule has 0 aromatic heterocycles. The summed E-state index contributed by atoms with van der Waals surface area (Å²) in [5.74, 6) is 0.799. The lowest BCUT2D eigenvalue weighted by Gasteiger charge is -2.39. The number of rotatable bonds is 7. The van der Waals surface area contributed by atoms with E-state index in [-0.39, 0.29) is 34.4 Å². The number of aromatic hydroxyl groups is 2. The van der Waals surface area contributed by atoms with Crippen molar-refractivity contribution in [1.82, 2.24) is 0 Å².